The molecule has 1 atom stereocenters. The van der Waals surface area contributed by atoms with Gasteiger partial charge in [0.1, 0.15) is 18.0 Å². The number of nitrogens with zero attached hydrogens (tertiary/aromatic N) is 1. The molecule has 0 N–H and O–H groups in total. The molecule has 1 aliphatic rings. The Hall–Kier alpha value is -2.09. The Bertz CT molecular complexity index is 745. The van der Waals surface area contributed by atoms with Crippen molar-refractivity contribution in [2.75, 3.05) is 11.4 Å². The van der Waals surface area contributed by atoms with E-state index in [-0.39, 0.29) is 12.5 Å². The molecule has 0 radical (unpaired) electrons. The third-order valence-corrected chi connectivity index (χ3v) is 4.13. The highest BCUT2D eigenvalue weighted by atomic mass is 127. The number of carbonyl (C=O) groups excluding carboxylic acids is 2. The molecular weight excluding hydrogens is 409 g/mol. The molecule has 0 aromatic heterocycles. The number of carbonyl (C=O) groups is 2. The Morgan fingerprint density at radius 1 is 1.22 bits per heavy atom. The van der Waals surface area contributed by atoms with Crippen molar-refractivity contribution in [3.8, 4) is 11.5 Å². The van der Waals surface area contributed by atoms with Crippen LogP contribution in [0.3, 0.4) is 0 Å². The molecule has 0 fully saturated rings. The largest absolute Gasteiger partial charge is 0.479 e. The van der Waals surface area contributed by atoms with E-state index in [1.807, 2.05) is 18.2 Å². The van der Waals surface area contributed by atoms with E-state index in [1.54, 1.807) is 37.3 Å². The van der Waals surface area contributed by atoms with E-state index in [9.17, 15) is 9.59 Å². The maximum absolute atomic E-state index is 12.3. The molecule has 2 aromatic carbocycles. The third kappa shape index (κ3) is 3.47. The summed E-state index contributed by atoms with van der Waals surface area (Å²) in [5.41, 5.74) is 0.579. The fourth-order valence-corrected chi connectivity index (χ4v) is 2.68. The molecule has 1 heterocycles. The number of benzene rings is 2. The van der Waals surface area contributed by atoms with Crippen LogP contribution in [0.15, 0.2) is 48.5 Å². The van der Waals surface area contributed by atoms with Crippen LogP contribution in [0.2, 0.25) is 0 Å². The summed E-state index contributed by atoms with van der Waals surface area (Å²) in [5, 5.41) is 0. The van der Waals surface area contributed by atoms with Gasteiger partial charge in [0.2, 0.25) is 0 Å². The van der Waals surface area contributed by atoms with Crippen LogP contribution < -0.4 is 14.4 Å². The van der Waals surface area contributed by atoms with E-state index in [1.165, 1.54) is 4.90 Å². The number of amides is 1. The van der Waals surface area contributed by atoms with Gasteiger partial charge in [-0.3, -0.25) is 9.69 Å². The molecule has 6 heteroatoms. The summed E-state index contributed by atoms with van der Waals surface area (Å²) in [6, 6.07) is 14.3. The molecule has 0 saturated carbocycles. The van der Waals surface area contributed by atoms with Gasteiger partial charge < -0.3 is 9.47 Å². The highest BCUT2D eigenvalue weighted by Gasteiger charge is 2.32. The van der Waals surface area contributed by atoms with E-state index in [0.29, 0.717) is 17.2 Å². The minimum atomic E-state index is -0.629. The van der Waals surface area contributed by atoms with Gasteiger partial charge in [-0.1, -0.05) is 12.1 Å². The molecular formula is C17H14INO4. The minimum absolute atomic E-state index is 0.157. The van der Waals surface area contributed by atoms with Gasteiger partial charge in [-0.15, -0.1) is 0 Å². The molecule has 0 aliphatic carbocycles. The second kappa shape index (κ2) is 6.57. The lowest BCUT2D eigenvalue weighted by atomic mass is 10.2. The molecule has 2 aromatic rings. The summed E-state index contributed by atoms with van der Waals surface area (Å²) in [4.78, 5) is 25.9. The monoisotopic (exact) mass is 423 g/mol. The van der Waals surface area contributed by atoms with Crippen LogP contribution >= 0.6 is 22.6 Å². The Labute approximate surface area is 147 Å². The summed E-state index contributed by atoms with van der Waals surface area (Å²) in [6.07, 6.45) is -0.629. The molecule has 118 valence electrons. The quantitative estimate of drug-likeness (QED) is 0.433. The second-order valence-corrected chi connectivity index (χ2v) is 6.33. The molecule has 0 bridgehead atoms. The van der Waals surface area contributed by atoms with E-state index in [2.05, 4.69) is 22.6 Å². The normalized spacial score (nSPS) is 16.5. The first-order chi connectivity index (χ1) is 11.0. The highest BCUT2D eigenvalue weighted by Crippen LogP contribution is 2.33. The molecule has 0 saturated heterocycles. The summed E-state index contributed by atoms with van der Waals surface area (Å²) < 4.78 is 11.9. The zero-order valence-electron chi connectivity index (χ0n) is 12.4. The van der Waals surface area contributed by atoms with Crippen LogP contribution in [0.4, 0.5) is 5.69 Å². The van der Waals surface area contributed by atoms with Crippen LogP contribution in [0.1, 0.15) is 6.92 Å². The van der Waals surface area contributed by atoms with Gasteiger partial charge in [0.05, 0.1) is 5.69 Å². The molecule has 0 spiro atoms. The van der Waals surface area contributed by atoms with Gasteiger partial charge in [0, 0.05) is 3.57 Å². The number of fused-ring (bicyclic) bond motifs is 1. The van der Waals surface area contributed by atoms with Crippen LogP contribution in [-0.4, -0.2) is 24.5 Å². The van der Waals surface area contributed by atoms with Crippen molar-refractivity contribution in [2.24, 2.45) is 0 Å². The fraction of sp³-hybridized carbons (Fsp3) is 0.176. The lowest BCUT2D eigenvalue weighted by Gasteiger charge is -2.32. The molecule has 23 heavy (non-hydrogen) atoms. The van der Waals surface area contributed by atoms with Gasteiger partial charge in [-0.05, 0) is 65.9 Å². The number of esters is 1. The number of hydrogen-bond donors (Lipinski definition) is 0. The zero-order valence-corrected chi connectivity index (χ0v) is 14.5. The first kappa shape index (κ1) is 15.8. The van der Waals surface area contributed by atoms with Crippen molar-refractivity contribution in [1.82, 2.24) is 0 Å². The Balaban J connectivity index is 1.77. The molecule has 3 rings (SSSR count). The van der Waals surface area contributed by atoms with Gasteiger partial charge in [0.15, 0.2) is 6.10 Å². The summed E-state index contributed by atoms with van der Waals surface area (Å²) >= 11 is 2.17. The summed E-state index contributed by atoms with van der Waals surface area (Å²) in [5.74, 6) is 0.283. The highest BCUT2D eigenvalue weighted by molar-refractivity contribution is 14.1. The number of para-hydroxylation sites is 2. The Morgan fingerprint density at radius 2 is 1.91 bits per heavy atom. The topological polar surface area (TPSA) is 55.8 Å². The maximum Gasteiger partial charge on any atom is 0.331 e. The summed E-state index contributed by atoms with van der Waals surface area (Å²) in [6.45, 7) is 1.51. The smallest absolute Gasteiger partial charge is 0.331 e. The number of ether oxygens (including phenoxy) is 2. The van der Waals surface area contributed by atoms with Crippen LogP contribution in [0.25, 0.3) is 0 Å². The lowest BCUT2D eigenvalue weighted by Crippen LogP contribution is -2.47. The summed E-state index contributed by atoms with van der Waals surface area (Å²) in [7, 11) is 0. The van der Waals surface area contributed by atoms with Crippen LogP contribution in [0.5, 0.6) is 11.5 Å². The van der Waals surface area contributed by atoms with E-state index in [4.69, 9.17) is 9.47 Å². The van der Waals surface area contributed by atoms with Crippen molar-refractivity contribution in [2.45, 2.75) is 13.0 Å². The van der Waals surface area contributed by atoms with Crippen molar-refractivity contribution < 1.29 is 19.1 Å². The average molecular weight is 423 g/mol. The minimum Gasteiger partial charge on any atom is -0.479 e. The van der Waals surface area contributed by atoms with E-state index < -0.39 is 12.1 Å². The fourth-order valence-electron chi connectivity index (χ4n) is 2.32. The third-order valence-electron chi connectivity index (χ3n) is 3.41. The van der Waals surface area contributed by atoms with Crippen molar-refractivity contribution >= 4 is 40.2 Å². The Kier molecular flexibility index (Phi) is 4.51. The predicted molar refractivity (Wildman–Crippen MR) is 93.7 cm³/mol. The number of anilines is 1. The first-order valence-corrected chi connectivity index (χ1v) is 8.16. The van der Waals surface area contributed by atoms with Crippen molar-refractivity contribution in [3.05, 3.63) is 52.1 Å². The number of halogens is 1. The predicted octanol–water partition coefficient (Wildman–Crippen LogP) is 3.01. The first-order valence-electron chi connectivity index (χ1n) is 7.08. The maximum atomic E-state index is 12.3. The number of rotatable bonds is 3. The van der Waals surface area contributed by atoms with Crippen LogP contribution in [0, 0.1) is 3.57 Å². The number of hydrogen-bond acceptors (Lipinski definition) is 4. The van der Waals surface area contributed by atoms with Gasteiger partial charge in [-0.25, -0.2) is 4.79 Å². The van der Waals surface area contributed by atoms with Gasteiger partial charge in [-0.2, -0.15) is 0 Å². The van der Waals surface area contributed by atoms with Crippen molar-refractivity contribution in [1.29, 1.82) is 0 Å². The van der Waals surface area contributed by atoms with E-state index in [0.717, 1.165) is 3.57 Å². The molecule has 5 nitrogen and oxygen atoms in total. The standard InChI is InChI=1S/C17H14INO4/c1-11-17(21)19(14-4-2-3-5-15(14)22-11)10-16(20)23-13-8-6-12(18)7-9-13/h2-9,11H,10H2,1H3. The lowest BCUT2D eigenvalue weighted by molar-refractivity contribution is -0.135. The van der Waals surface area contributed by atoms with Crippen molar-refractivity contribution in [3.63, 3.8) is 0 Å². The molecule has 1 amide bonds. The SMILES string of the molecule is CC1Oc2ccccc2N(CC(=O)Oc2ccc(I)cc2)C1=O. The Morgan fingerprint density at radius 3 is 2.65 bits per heavy atom. The van der Waals surface area contributed by atoms with Gasteiger partial charge >= 0.3 is 5.97 Å². The molecule has 1 aliphatic heterocycles. The van der Waals surface area contributed by atoms with Gasteiger partial charge in [0.25, 0.3) is 5.91 Å². The zero-order chi connectivity index (χ0) is 16.4. The second-order valence-electron chi connectivity index (χ2n) is 5.08. The molecule has 1 unspecified atom stereocenters. The van der Waals surface area contributed by atoms with E-state index >= 15 is 0 Å². The van der Waals surface area contributed by atoms with Crippen LogP contribution in [-0.2, 0) is 9.59 Å². The average Bonchev–Trinajstić information content (AvgIpc) is 2.54.